The molecule has 2 rings (SSSR count). The van der Waals surface area contributed by atoms with Crippen LogP contribution in [0.25, 0.3) is 0 Å². The fourth-order valence-corrected chi connectivity index (χ4v) is 2.56. The van der Waals surface area contributed by atoms with Crippen molar-refractivity contribution in [3.05, 3.63) is 30.1 Å². The maximum Gasteiger partial charge on any atom is 0.0972 e. The van der Waals surface area contributed by atoms with Gasteiger partial charge in [0.25, 0.3) is 0 Å². The Morgan fingerprint density at radius 1 is 1.28 bits per heavy atom. The predicted molar refractivity (Wildman–Crippen MR) is 69.2 cm³/mol. The number of rotatable bonds is 5. The van der Waals surface area contributed by atoms with Crippen molar-refractivity contribution in [1.29, 1.82) is 0 Å². The Labute approximate surface area is 108 Å². The Morgan fingerprint density at radius 3 is 2.28 bits per heavy atom. The third kappa shape index (κ3) is 2.70. The van der Waals surface area contributed by atoms with Crippen LogP contribution in [-0.4, -0.2) is 55.9 Å². The van der Waals surface area contributed by atoms with Crippen molar-refractivity contribution in [2.45, 2.75) is 18.2 Å². The average Bonchev–Trinajstić information content (AvgIpc) is 2.84. The lowest BCUT2D eigenvalue weighted by molar-refractivity contribution is -0.00461. The van der Waals surface area contributed by atoms with Crippen molar-refractivity contribution in [3.8, 4) is 0 Å². The molecule has 5 heteroatoms. The lowest BCUT2D eigenvalue weighted by atomic mass is 10.1. The highest BCUT2D eigenvalue weighted by atomic mass is 16.5. The minimum absolute atomic E-state index is 0.117. The zero-order valence-electron chi connectivity index (χ0n) is 11.0. The molecule has 1 fully saturated rings. The van der Waals surface area contributed by atoms with Crippen LogP contribution in [-0.2, 0) is 9.47 Å². The highest BCUT2D eigenvalue weighted by molar-refractivity contribution is 5.16. The van der Waals surface area contributed by atoms with Crippen LogP contribution in [0.1, 0.15) is 11.6 Å². The molecular weight excluding hydrogens is 230 g/mol. The zero-order chi connectivity index (χ0) is 13.0. The van der Waals surface area contributed by atoms with E-state index in [9.17, 15) is 0 Å². The number of aromatic nitrogens is 1. The second-order valence-electron chi connectivity index (χ2n) is 4.53. The van der Waals surface area contributed by atoms with Crippen LogP contribution >= 0.6 is 0 Å². The van der Waals surface area contributed by atoms with Crippen LogP contribution in [0.2, 0.25) is 0 Å². The maximum absolute atomic E-state index is 5.91. The molecule has 1 saturated heterocycles. The molecule has 1 aromatic heterocycles. The van der Waals surface area contributed by atoms with E-state index < -0.39 is 0 Å². The molecule has 2 heterocycles. The highest BCUT2D eigenvalue weighted by Crippen LogP contribution is 2.26. The maximum atomic E-state index is 5.91. The Balaban J connectivity index is 2.11. The fourth-order valence-electron chi connectivity index (χ4n) is 2.56. The number of pyridine rings is 1. The summed E-state index contributed by atoms with van der Waals surface area (Å²) >= 11 is 0. The van der Waals surface area contributed by atoms with Gasteiger partial charge in [-0.15, -0.1) is 0 Å². The first-order valence-electron chi connectivity index (χ1n) is 6.19. The molecule has 0 saturated carbocycles. The summed E-state index contributed by atoms with van der Waals surface area (Å²) in [5.74, 6) is 0. The van der Waals surface area contributed by atoms with Gasteiger partial charge in [0.1, 0.15) is 0 Å². The van der Waals surface area contributed by atoms with Gasteiger partial charge in [-0.1, -0.05) is 0 Å². The largest absolute Gasteiger partial charge is 0.377 e. The molecule has 100 valence electrons. The molecule has 2 N–H and O–H groups in total. The number of methoxy groups -OCH3 is 2. The molecule has 0 bridgehead atoms. The molecule has 5 nitrogen and oxygen atoms in total. The van der Waals surface area contributed by atoms with E-state index in [-0.39, 0.29) is 18.2 Å². The van der Waals surface area contributed by atoms with Crippen LogP contribution in [0, 0.1) is 0 Å². The van der Waals surface area contributed by atoms with E-state index in [2.05, 4.69) is 9.88 Å². The van der Waals surface area contributed by atoms with E-state index in [0.717, 1.165) is 13.1 Å². The highest BCUT2D eigenvalue weighted by Gasteiger charge is 2.36. The number of nitrogens with zero attached hydrogens (tertiary/aromatic N) is 2. The first-order valence-corrected chi connectivity index (χ1v) is 6.19. The molecule has 3 atom stereocenters. The Bertz CT molecular complexity index is 349. The summed E-state index contributed by atoms with van der Waals surface area (Å²) in [6.45, 7) is 2.27. The van der Waals surface area contributed by atoms with E-state index in [1.54, 1.807) is 26.6 Å². The van der Waals surface area contributed by atoms with Crippen LogP contribution in [0.4, 0.5) is 0 Å². The van der Waals surface area contributed by atoms with E-state index in [4.69, 9.17) is 15.2 Å². The van der Waals surface area contributed by atoms with Crippen LogP contribution in [0.3, 0.4) is 0 Å². The SMILES string of the molecule is COC1CN(C(CN)c2ccncc2)CC1OC. The van der Waals surface area contributed by atoms with Crippen molar-refractivity contribution in [2.24, 2.45) is 5.73 Å². The smallest absolute Gasteiger partial charge is 0.0972 e. The molecule has 1 aliphatic heterocycles. The van der Waals surface area contributed by atoms with Crippen molar-refractivity contribution in [1.82, 2.24) is 9.88 Å². The standard InChI is InChI=1S/C13H21N3O2/c1-17-12-8-16(9-13(12)18-2)11(7-14)10-3-5-15-6-4-10/h3-6,11-13H,7-9,14H2,1-2H3. The van der Waals surface area contributed by atoms with Gasteiger partial charge in [0.15, 0.2) is 0 Å². The summed E-state index contributed by atoms with van der Waals surface area (Å²) in [5.41, 5.74) is 7.11. The summed E-state index contributed by atoms with van der Waals surface area (Å²) in [5, 5.41) is 0. The van der Waals surface area contributed by atoms with E-state index >= 15 is 0 Å². The summed E-state index contributed by atoms with van der Waals surface area (Å²) < 4.78 is 10.9. The molecule has 1 aliphatic rings. The third-order valence-electron chi connectivity index (χ3n) is 3.60. The predicted octanol–water partition coefficient (Wildman–Crippen LogP) is 0.427. The first kappa shape index (κ1) is 13.4. The van der Waals surface area contributed by atoms with E-state index in [0.29, 0.717) is 6.54 Å². The van der Waals surface area contributed by atoms with Crippen molar-refractivity contribution < 1.29 is 9.47 Å². The van der Waals surface area contributed by atoms with Crippen molar-refractivity contribution in [3.63, 3.8) is 0 Å². The molecule has 1 aromatic rings. The van der Waals surface area contributed by atoms with E-state index in [1.807, 2.05) is 12.1 Å². The number of ether oxygens (including phenoxy) is 2. The molecule has 18 heavy (non-hydrogen) atoms. The zero-order valence-corrected chi connectivity index (χ0v) is 11.0. The normalized spacial score (nSPS) is 26.4. The van der Waals surface area contributed by atoms with Gasteiger partial charge in [0.2, 0.25) is 0 Å². The molecule has 3 unspecified atom stereocenters. The monoisotopic (exact) mass is 251 g/mol. The lowest BCUT2D eigenvalue weighted by Gasteiger charge is -2.26. The molecule has 0 spiro atoms. The van der Waals surface area contributed by atoms with Gasteiger partial charge in [-0.2, -0.15) is 0 Å². The van der Waals surface area contributed by atoms with Crippen molar-refractivity contribution >= 4 is 0 Å². The van der Waals surface area contributed by atoms with Gasteiger partial charge in [-0.3, -0.25) is 9.88 Å². The van der Waals surface area contributed by atoms with Gasteiger partial charge in [-0.05, 0) is 17.7 Å². The second-order valence-corrected chi connectivity index (χ2v) is 4.53. The summed E-state index contributed by atoms with van der Waals surface area (Å²) in [7, 11) is 3.45. The Kier molecular flexibility index (Phi) is 4.66. The second kappa shape index (κ2) is 6.24. The minimum Gasteiger partial charge on any atom is -0.377 e. The lowest BCUT2D eigenvalue weighted by Crippen LogP contribution is -2.33. The van der Waals surface area contributed by atoms with Gasteiger partial charge in [0.05, 0.1) is 12.2 Å². The molecular formula is C13H21N3O2. The molecule has 0 amide bonds. The fraction of sp³-hybridized carbons (Fsp3) is 0.615. The number of nitrogens with two attached hydrogens (primary N) is 1. The number of hydrogen-bond donors (Lipinski definition) is 1. The number of hydrogen-bond acceptors (Lipinski definition) is 5. The van der Waals surface area contributed by atoms with Gasteiger partial charge < -0.3 is 15.2 Å². The first-order chi connectivity index (χ1) is 8.80. The topological polar surface area (TPSA) is 60.6 Å². The average molecular weight is 251 g/mol. The van der Waals surface area contributed by atoms with Crippen molar-refractivity contribution in [2.75, 3.05) is 33.9 Å². The van der Waals surface area contributed by atoms with Gasteiger partial charge >= 0.3 is 0 Å². The van der Waals surface area contributed by atoms with Crippen LogP contribution in [0.5, 0.6) is 0 Å². The summed E-state index contributed by atoms with van der Waals surface area (Å²) in [6, 6.07) is 4.23. The molecule has 0 radical (unpaired) electrons. The molecule has 0 aromatic carbocycles. The quantitative estimate of drug-likeness (QED) is 0.822. The summed E-state index contributed by atoms with van der Waals surface area (Å²) in [4.78, 5) is 6.36. The van der Waals surface area contributed by atoms with Crippen LogP contribution in [0.15, 0.2) is 24.5 Å². The summed E-state index contributed by atoms with van der Waals surface area (Å²) in [6.07, 6.45) is 3.84. The Morgan fingerprint density at radius 2 is 1.83 bits per heavy atom. The molecule has 0 aliphatic carbocycles. The third-order valence-corrected chi connectivity index (χ3v) is 3.60. The van der Waals surface area contributed by atoms with Gasteiger partial charge in [0, 0.05) is 52.3 Å². The van der Waals surface area contributed by atoms with Gasteiger partial charge in [-0.25, -0.2) is 0 Å². The Hall–Kier alpha value is -1.01. The minimum atomic E-state index is 0.117. The van der Waals surface area contributed by atoms with E-state index in [1.165, 1.54) is 5.56 Å². The number of likely N-dealkylation sites (tertiary alicyclic amines) is 1. The van der Waals surface area contributed by atoms with Crippen LogP contribution < -0.4 is 5.73 Å².